The van der Waals surface area contributed by atoms with Gasteiger partial charge in [-0.2, -0.15) is 0 Å². The van der Waals surface area contributed by atoms with E-state index in [0.717, 1.165) is 24.2 Å². The quantitative estimate of drug-likeness (QED) is 0.500. The van der Waals surface area contributed by atoms with Crippen LogP contribution in [0.4, 0.5) is 0 Å². The molecule has 2 fully saturated rings. The maximum atomic E-state index is 12.7. The number of piperidine rings is 1. The molecule has 0 aromatic heterocycles. The molecule has 8 heteroatoms. The summed E-state index contributed by atoms with van der Waals surface area (Å²) in [5, 5.41) is 18.7. The Balaban J connectivity index is 1.38. The number of hydrogen-bond acceptors (Lipinski definition) is 6. The third-order valence-corrected chi connectivity index (χ3v) is 5.63. The molecule has 3 amide bonds. The van der Waals surface area contributed by atoms with E-state index < -0.39 is 11.9 Å². The first-order chi connectivity index (χ1) is 13.0. The summed E-state index contributed by atoms with van der Waals surface area (Å²) in [4.78, 5) is 37.6. The molecule has 3 unspecified atom stereocenters. The van der Waals surface area contributed by atoms with E-state index >= 15 is 0 Å². The van der Waals surface area contributed by atoms with Crippen LogP contribution in [0.15, 0.2) is 18.2 Å². The van der Waals surface area contributed by atoms with Crippen molar-refractivity contribution in [1.82, 2.24) is 20.9 Å². The SMILES string of the molecule is O=C1CCC(N2Cc3cc(CNCC4CNCC4O)ccc3C2=O)C(=O)N1. The number of benzene rings is 1. The molecule has 0 radical (unpaired) electrons. The Morgan fingerprint density at radius 3 is 2.81 bits per heavy atom. The highest BCUT2D eigenvalue weighted by molar-refractivity contribution is 6.05. The lowest BCUT2D eigenvalue weighted by Crippen LogP contribution is -2.52. The van der Waals surface area contributed by atoms with Gasteiger partial charge in [0.1, 0.15) is 6.04 Å². The van der Waals surface area contributed by atoms with Gasteiger partial charge in [0.15, 0.2) is 0 Å². The lowest BCUT2D eigenvalue weighted by atomic mass is 10.0. The Bertz CT molecular complexity index is 781. The number of amides is 3. The first-order valence-corrected chi connectivity index (χ1v) is 9.39. The van der Waals surface area contributed by atoms with Gasteiger partial charge in [0.25, 0.3) is 5.91 Å². The van der Waals surface area contributed by atoms with Crippen LogP contribution in [-0.2, 0) is 22.7 Å². The number of aliphatic hydroxyl groups is 1. The molecule has 0 bridgehead atoms. The van der Waals surface area contributed by atoms with Gasteiger partial charge in [0, 0.05) is 50.6 Å². The van der Waals surface area contributed by atoms with E-state index in [2.05, 4.69) is 16.0 Å². The van der Waals surface area contributed by atoms with Crippen LogP contribution in [0, 0.1) is 5.92 Å². The highest BCUT2D eigenvalue weighted by Crippen LogP contribution is 2.28. The van der Waals surface area contributed by atoms with Gasteiger partial charge < -0.3 is 20.6 Å². The van der Waals surface area contributed by atoms with E-state index in [-0.39, 0.29) is 30.3 Å². The zero-order valence-electron chi connectivity index (χ0n) is 15.0. The van der Waals surface area contributed by atoms with Crippen molar-refractivity contribution in [3.8, 4) is 0 Å². The molecule has 1 aromatic carbocycles. The number of hydrogen-bond donors (Lipinski definition) is 4. The Morgan fingerprint density at radius 1 is 1.22 bits per heavy atom. The molecule has 0 spiro atoms. The lowest BCUT2D eigenvalue weighted by Gasteiger charge is -2.29. The van der Waals surface area contributed by atoms with E-state index in [4.69, 9.17) is 0 Å². The number of nitrogens with one attached hydrogen (secondary N) is 3. The van der Waals surface area contributed by atoms with Gasteiger partial charge in [-0.3, -0.25) is 19.7 Å². The average Bonchev–Trinajstić information content (AvgIpc) is 3.19. The third kappa shape index (κ3) is 3.60. The van der Waals surface area contributed by atoms with Crippen LogP contribution in [0.3, 0.4) is 0 Å². The van der Waals surface area contributed by atoms with Crippen molar-refractivity contribution in [3.63, 3.8) is 0 Å². The predicted molar refractivity (Wildman–Crippen MR) is 96.6 cm³/mol. The van der Waals surface area contributed by atoms with E-state index in [1.54, 1.807) is 4.90 Å². The maximum Gasteiger partial charge on any atom is 0.255 e. The number of nitrogens with zero attached hydrogens (tertiary/aromatic N) is 1. The van der Waals surface area contributed by atoms with Crippen LogP contribution >= 0.6 is 0 Å². The van der Waals surface area contributed by atoms with Crippen molar-refractivity contribution in [1.29, 1.82) is 0 Å². The van der Waals surface area contributed by atoms with E-state index in [1.807, 2.05) is 18.2 Å². The van der Waals surface area contributed by atoms with Crippen molar-refractivity contribution >= 4 is 17.7 Å². The molecule has 27 heavy (non-hydrogen) atoms. The Kier molecular flexibility index (Phi) is 4.94. The van der Waals surface area contributed by atoms with Crippen LogP contribution in [0.2, 0.25) is 0 Å². The number of carbonyl (C=O) groups excluding carboxylic acids is 3. The summed E-state index contributed by atoms with van der Waals surface area (Å²) in [6, 6.07) is 5.14. The molecule has 0 aliphatic carbocycles. The fraction of sp³-hybridized carbons (Fsp3) is 0.526. The molecule has 3 atom stereocenters. The molecule has 144 valence electrons. The minimum Gasteiger partial charge on any atom is -0.391 e. The number of aliphatic hydroxyl groups excluding tert-OH is 1. The zero-order chi connectivity index (χ0) is 19.0. The van der Waals surface area contributed by atoms with E-state index in [9.17, 15) is 19.5 Å². The van der Waals surface area contributed by atoms with Crippen LogP contribution in [-0.4, -0.2) is 59.5 Å². The summed E-state index contributed by atoms with van der Waals surface area (Å²) in [5.41, 5.74) is 2.59. The second-order valence-electron chi connectivity index (χ2n) is 7.51. The van der Waals surface area contributed by atoms with Crippen molar-refractivity contribution in [3.05, 3.63) is 34.9 Å². The largest absolute Gasteiger partial charge is 0.391 e. The molecule has 0 saturated carbocycles. The van der Waals surface area contributed by atoms with Crippen molar-refractivity contribution in [2.45, 2.75) is 38.1 Å². The fourth-order valence-corrected chi connectivity index (χ4v) is 4.07. The highest BCUT2D eigenvalue weighted by Gasteiger charge is 2.39. The molecule has 3 aliphatic rings. The van der Waals surface area contributed by atoms with E-state index in [0.29, 0.717) is 31.6 Å². The Hall–Kier alpha value is -2.29. The number of rotatable bonds is 5. The Morgan fingerprint density at radius 2 is 2.07 bits per heavy atom. The lowest BCUT2D eigenvalue weighted by molar-refractivity contribution is -0.136. The Labute approximate surface area is 157 Å². The first-order valence-electron chi connectivity index (χ1n) is 9.39. The number of imide groups is 1. The minimum absolute atomic E-state index is 0.154. The summed E-state index contributed by atoms with van der Waals surface area (Å²) in [5.74, 6) is -0.613. The van der Waals surface area contributed by atoms with Gasteiger partial charge in [-0.05, 0) is 23.6 Å². The molecule has 3 heterocycles. The summed E-state index contributed by atoms with van der Waals surface area (Å²) in [7, 11) is 0. The monoisotopic (exact) mass is 372 g/mol. The molecule has 3 aliphatic heterocycles. The van der Waals surface area contributed by atoms with Gasteiger partial charge in [0.2, 0.25) is 11.8 Å². The number of carbonyl (C=O) groups is 3. The molecule has 2 saturated heterocycles. The van der Waals surface area contributed by atoms with Gasteiger partial charge in [-0.1, -0.05) is 12.1 Å². The predicted octanol–water partition coefficient (Wildman–Crippen LogP) is -0.882. The zero-order valence-corrected chi connectivity index (χ0v) is 15.0. The van der Waals surface area contributed by atoms with Gasteiger partial charge in [-0.15, -0.1) is 0 Å². The van der Waals surface area contributed by atoms with Crippen molar-refractivity contribution in [2.24, 2.45) is 5.92 Å². The van der Waals surface area contributed by atoms with Gasteiger partial charge in [-0.25, -0.2) is 0 Å². The molecule has 1 aromatic rings. The molecule has 4 N–H and O–H groups in total. The van der Waals surface area contributed by atoms with Crippen LogP contribution in [0.25, 0.3) is 0 Å². The number of fused-ring (bicyclic) bond motifs is 1. The standard InChI is InChI=1S/C19H24N4O4/c24-16-9-21-8-13(16)7-20-6-11-1-2-14-12(5-11)10-23(19(14)27)15-3-4-17(25)22-18(15)26/h1-2,5,13,15-16,20-21,24H,3-4,6-10H2,(H,22,25,26). The van der Waals surface area contributed by atoms with Crippen LogP contribution in [0.5, 0.6) is 0 Å². The molecular weight excluding hydrogens is 348 g/mol. The highest BCUT2D eigenvalue weighted by atomic mass is 16.3. The second-order valence-corrected chi connectivity index (χ2v) is 7.51. The summed E-state index contributed by atoms with van der Waals surface area (Å²) in [6.45, 7) is 3.23. The van der Waals surface area contributed by atoms with E-state index in [1.165, 1.54) is 0 Å². The van der Waals surface area contributed by atoms with Crippen molar-refractivity contribution < 1.29 is 19.5 Å². The fourth-order valence-electron chi connectivity index (χ4n) is 4.07. The summed E-state index contributed by atoms with van der Waals surface area (Å²) >= 11 is 0. The number of β-amino-alcohol motifs (C(OH)–C–C–N with tert-alkyl or cyclic N) is 1. The van der Waals surface area contributed by atoms with Crippen molar-refractivity contribution in [2.75, 3.05) is 19.6 Å². The normalized spacial score (nSPS) is 27.8. The minimum atomic E-state index is -0.583. The van der Waals surface area contributed by atoms with Gasteiger partial charge in [0.05, 0.1) is 6.10 Å². The topological polar surface area (TPSA) is 111 Å². The smallest absolute Gasteiger partial charge is 0.255 e. The summed E-state index contributed by atoms with van der Waals surface area (Å²) in [6.07, 6.45) is 0.321. The average molecular weight is 372 g/mol. The first kappa shape index (κ1) is 18.1. The van der Waals surface area contributed by atoms with Gasteiger partial charge >= 0.3 is 0 Å². The summed E-state index contributed by atoms with van der Waals surface area (Å²) < 4.78 is 0. The molecular formula is C19H24N4O4. The maximum absolute atomic E-state index is 12.7. The molecule has 4 rings (SSSR count). The van der Waals surface area contributed by atoms with Crippen LogP contribution in [0.1, 0.15) is 34.3 Å². The molecule has 8 nitrogen and oxygen atoms in total. The third-order valence-electron chi connectivity index (χ3n) is 5.63. The van der Waals surface area contributed by atoms with Crippen LogP contribution < -0.4 is 16.0 Å². The second kappa shape index (κ2) is 7.38.